The van der Waals surface area contributed by atoms with Crippen molar-refractivity contribution >= 4 is 0 Å². The Morgan fingerprint density at radius 3 is 2.58 bits per heavy atom. The van der Waals surface area contributed by atoms with Gasteiger partial charge in [-0.25, -0.2) is 0 Å². The molecule has 0 aliphatic carbocycles. The predicted octanol–water partition coefficient (Wildman–Crippen LogP) is 2.55. The molecular weight excluding hydrogens is 257 g/mol. The molecule has 0 unspecified atom stereocenters. The maximum atomic E-state index is 12.2. The lowest BCUT2D eigenvalue weighted by atomic mass is 10.1. The van der Waals surface area contributed by atoms with Crippen LogP contribution in [-0.4, -0.2) is 37.4 Å². The quantitative estimate of drug-likeness (QED) is 0.916. The van der Waals surface area contributed by atoms with Gasteiger partial charge in [-0.05, 0) is 24.6 Å². The van der Waals surface area contributed by atoms with Gasteiger partial charge in [0, 0.05) is 32.2 Å². The summed E-state index contributed by atoms with van der Waals surface area (Å²) in [4.78, 5) is 2.24. The number of piperazine rings is 1. The van der Waals surface area contributed by atoms with Crippen LogP contribution in [0.15, 0.2) is 24.3 Å². The Bertz CT molecular complexity index is 417. The van der Waals surface area contributed by atoms with Crippen LogP contribution in [0, 0.1) is 0 Å². The lowest BCUT2D eigenvalue weighted by Gasteiger charge is -2.33. The third-order valence-corrected chi connectivity index (χ3v) is 3.27. The summed E-state index contributed by atoms with van der Waals surface area (Å²) in [5.41, 5.74) is 0.837. The highest BCUT2D eigenvalue weighted by molar-refractivity contribution is 5.30. The molecule has 2 rings (SSSR count). The molecule has 1 aliphatic rings. The fraction of sp³-hybridized carbons (Fsp3) is 0.538. The molecule has 1 aromatic carbocycles. The molecule has 1 fully saturated rings. The van der Waals surface area contributed by atoms with E-state index in [4.69, 9.17) is 0 Å². The second-order valence-corrected chi connectivity index (χ2v) is 4.58. The molecule has 0 amide bonds. The Labute approximate surface area is 110 Å². The van der Waals surface area contributed by atoms with Gasteiger partial charge in [0.1, 0.15) is 5.75 Å². The van der Waals surface area contributed by atoms with Crippen LogP contribution in [-0.2, 0) is 0 Å². The van der Waals surface area contributed by atoms with Crippen molar-refractivity contribution in [2.75, 3.05) is 26.2 Å². The summed E-state index contributed by atoms with van der Waals surface area (Å²) in [6, 6.07) is 6.28. The van der Waals surface area contributed by atoms with Gasteiger partial charge in [0.25, 0.3) is 0 Å². The molecule has 1 aromatic rings. The van der Waals surface area contributed by atoms with Crippen molar-refractivity contribution in [3.8, 4) is 5.75 Å². The summed E-state index contributed by atoms with van der Waals surface area (Å²) >= 11 is 0. The molecule has 1 saturated heterocycles. The largest absolute Gasteiger partial charge is 0.573 e. The summed E-state index contributed by atoms with van der Waals surface area (Å²) in [5.74, 6) is -0.160. The topological polar surface area (TPSA) is 24.5 Å². The molecule has 0 spiro atoms. The van der Waals surface area contributed by atoms with Crippen LogP contribution in [0.25, 0.3) is 0 Å². The zero-order chi connectivity index (χ0) is 13.9. The van der Waals surface area contributed by atoms with Gasteiger partial charge in [0.15, 0.2) is 0 Å². The molecule has 0 radical (unpaired) electrons. The number of nitrogens with one attached hydrogen (secondary N) is 1. The molecule has 6 heteroatoms. The molecule has 106 valence electrons. The minimum atomic E-state index is -4.64. The Kier molecular flexibility index (Phi) is 4.31. The summed E-state index contributed by atoms with van der Waals surface area (Å²) < 4.78 is 40.5. The van der Waals surface area contributed by atoms with Crippen LogP contribution >= 0.6 is 0 Å². The Morgan fingerprint density at radius 2 is 1.95 bits per heavy atom. The number of hydrogen-bond acceptors (Lipinski definition) is 3. The standard InChI is InChI=1S/C13H17F3N2O/c1-10(18-7-5-17-6-8-18)11-3-2-4-12(9-11)19-13(14,15)16/h2-4,9-10,17H,5-8H2,1H3/t10-/m0/s1. The van der Waals surface area contributed by atoms with E-state index in [1.165, 1.54) is 12.1 Å². The van der Waals surface area contributed by atoms with Crippen molar-refractivity contribution in [2.24, 2.45) is 0 Å². The van der Waals surface area contributed by atoms with E-state index in [9.17, 15) is 13.2 Å². The first-order valence-electron chi connectivity index (χ1n) is 6.26. The van der Waals surface area contributed by atoms with Crippen molar-refractivity contribution in [1.29, 1.82) is 0 Å². The maximum absolute atomic E-state index is 12.2. The molecule has 1 aliphatic heterocycles. The highest BCUT2D eigenvalue weighted by atomic mass is 19.4. The number of alkyl halides is 3. The molecule has 0 aromatic heterocycles. The number of halogens is 3. The average Bonchev–Trinajstić information content (AvgIpc) is 2.37. The summed E-state index contributed by atoms with van der Waals surface area (Å²) in [6.07, 6.45) is -4.64. The van der Waals surface area contributed by atoms with Crippen molar-refractivity contribution in [3.63, 3.8) is 0 Å². The molecule has 19 heavy (non-hydrogen) atoms. The van der Waals surface area contributed by atoms with E-state index in [1.807, 2.05) is 13.0 Å². The number of nitrogens with zero attached hydrogens (tertiary/aromatic N) is 1. The maximum Gasteiger partial charge on any atom is 0.573 e. The van der Waals surface area contributed by atoms with E-state index in [1.54, 1.807) is 6.07 Å². The predicted molar refractivity (Wildman–Crippen MR) is 66.0 cm³/mol. The van der Waals surface area contributed by atoms with Gasteiger partial charge in [0.05, 0.1) is 0 Å². The minimum absolute atomic E-state index is 0.0823. The molecular formula is C13H17F3N2O. The fourth-order valence-corrected chi connectivity index (χ4v) is 2.25. The van der Waals surface area contributed by atoms with Crippen molar-refractivity contribution in [2.45, 2.75) is 19.3 Å². The lowest BCUT2D eigenvalue weighted by molar-refractivity contribution is -0.274. The fourth-order valence-electron chi connectivity index (χ4n) is 2.25. The second-order valence-electron chi connectivity index (χ2n) is 4.58. The van der Waals surface area contributed by atoms with Crippen LogP contribution in [0.4, 0.5) is 13.2 Å². The number of rotatable bonds is 3. The van der Waals surface area contributed by atoms with E-state index < -0.39 is 6.36 Å². The van der Waals surface area contributed by atoms with Crippen LogP contribution in [0.3, 0.4) is 0 Å². The van der Waals surface area contributed by atoms with Crippen LogP contribution < -0.4 is 10.1 Å². The average molecular weight is 274 g/mol. The van der Waals surface area contributed by atoms with Gasteiger partial charge in [-0.15, -0.1) is 13.2 Å². The van der Waals surface area contributed by atoms with Gasteiger partial charge in [0.2, 0.25) is 0 Å². The van der Waals surface area contributed by atoms with Gasteiger partial charge in [-0.3, -0.25) is 4.90 Å². The normalized spacial score (nSPS) is 19.2. The molecule has 1 N–H and O–H groups in total. The monoisotopic (exact) mass is 274 g/mol. The van der Waals surface area contributed by atoms with E-state index in [0.29, 0.717) is 0 Å². The first-order chi connectivity index (χ1) is 8.96. The summed E-state index contributed by atoms with van der Waals surface area (Å²) in [6.45, 7) is 5.60. The first-order valence-corrected chi connectivity index (χ1v) is 6.26. The molecule has 0 saturated carbocycles. The van der Waals surface area contributed by atoms with E-state index in [0.717, 1.165) is 31.7 Å². The zero-order valence-electron chi connectivity index (χ0n) is 10.7. The van der Waals surface area contributed by atoms with Crippen molar-refractivity contribution < 1.29 is 17.9 Å². The SMILES string of the molecule is C[C@@H](c1cccc(OC(F)(F)F)c1)N1CCNCC1. The molecule has 1 atom stereocenters. The Hall–Kier alpha value is -1.27. The van der Waals surface area contributed by atoms with E-state index in [-0.39, 0.29) is 11.8 Å². The zero-order valence-corrected chi connectivity index (χ0v) is 10.7. The molecule has 1 heterocycles. The number of hydrogen-bond donors (Lipinski definition) is 1. The number of ether oxygens (including phenoxy) is 1. The van der Waals surface area contributed by atoms with E-state index >= 15 is 0 Å². The lowest BCUT2D eigenvalue weighted by Crippen LogP contribution is -2.44. The third kappa shape index (κ3) is 4.11. The van der Waals surface area contributed by atoms with Gasteiger partial charge < -0.3 is 10.1 Å². The highest BCUT2D eigenvalue weighted by Gasteiger charge is 2.31. The third-order valence-electron chi connectivity index (χ3n) is 3.27. The first kappa shape index (κ1) is 14.1. The van der Waals surface area contributed by atoms with Crippen LogP contribution in [0.2, 0.25) is 0 Å². The summed E-state index contributed by atoms with van der Waals surface area (Å²) in [5, 5.41) is 3.25. The Morgan fingerprint density at radius 1 is 1.26 bits per heavy atom. The van der Waals surface area contributed by atoms with Crippen molar-refractivity contribution in [3.05, 3.63) is 29.8 Å². The van der Waals surface area contributed by atoms with E-state index in [2.05, 4.69) is 15.0 Å². The molecule has 0 bridgehead atoms. The highest BCUT2D eigenvalue weighted by Crippen LogP contribution is 2.27. The summed E-state index contributed by atoms with van der Waals surface area (Å²) in [7, 11) is 0. The van der Waals surface area contributed by atoms with Gasteiger partial charge >= 0.3 is 6.36 Å². The van der Waals surface area contributed by atoms with Gasteiger partial charge in [-0.1, -0.05) is 12.1 Å². The van der Waals surface area contributed by atoms with Crippen LogP contribution in [0.1, 0.15) is 18.5 Å². The van der Waals surface area contributed by atoms with Crippen LogP contribution in [0.5, 0.6) is 5.75 Å². The van der Waals surface area contributed by atoms with Gasteiger partial charge in [-0.2, -0.15) is 0 Å². The Balaban J connectivity index is 2.09. The smallest absolute Gasteiger partial charge is 0.406 e. The minimum Gasteiger partial charge on any atom is -0.406 e. The van der Waals surface area contributed by atoms with Crippen molar-refractivity contribution in [1.82, 2.24) is 10.2 Å². The number of benzene rings is 1. The second kappa shape index (κ2) is 5.79. The molecule has 3 nitrogen and oxygen atoms in total.